The number of rotatable bonds is 8. The van der Waals surface area contributed by atoms with Crippen molar-refractivity contribution in [2.24, 2.45) is 16.8 Å². The van der Waals surface area contributed by atoms with Crippen molar-refractivity contribution >= 4 is 29.9 Å². The number of guanidine groups is 1. The fourth-order valence-corrected chi connectivity index (χ4v) is 2.57. The normalized spacial score (nSPS) is 14.2. The van der Waals surface area contributed by atoms with Crippen molar-refractivity contribution in [2.75, 3.05) is 13.6 Å². The monoisotopic (exact) mass is 449 g/mol. The van der Waals surface area contributed by atoms with Gasteiger partial charge in [-0.2, -0.15) is 5.10 Å². The highest BCUT2D eigenvalue weighted by Crippen LogP contribution is 2.07. The molecule has 0 radical (unpaired) electrons. The van der Waals surface area contributed by atoms with Crippen molar-refractivity contribution < 1.29 is 0 Å². The second-order valence-electron chi connectivity index (χ2n) is 7.18. The Hall–Kier alpha value is -0.790. The van der Waals surface area contributed by atoms with Crippen LogP contribution in [0.4, 0.5) is 0 Å². The van der Waals surface area contributed by atoms with E-state index in [9.17, 15) is 0 Å². The number of nitrogens with one attached hydrogen (secondary N) is 2. The number of halogens is 1. The van der Waals surface area contributed by atoms with E-state index in [0.29, 0.717) is 12.0 Å². The van der Waals surface area contributed by atoms with Crippen LogP contribution < -0.4 is 10.6 Å². The Morgan fingerprint density at radius 2 is 1.88 bits per heavy atom. The molecule has 1 aromatic heterocycles. The van der Waals surface area contributed by atoms with Crippen molar-refractivity contribution in [3.63, 3.8) is 0 Å². The van der Waals surface area contributed by atoms with E-state index < -0.39 is 0 Å². The maximum Gasteiger partial charge on any atom is 0.191 e. The second-order valence-corrected chi connectivity index (χ2v) is 7.18. The van der Waals surface area contributed by atoms with Crippen LogP contribution in [0.5, 0.6) is 0 Å². The molecular weight excluding hydrogens is 413 g/mol. The van der Waals surface area contributed by atoms with E-state index in [1.165, 1.54) is 18.5 Å². The Balaban J connectivity index is 0.00000529. The molecule has 24 heavy (non-hydrogen) atoms. The molecule has 0 aliphatic carbocycles. The van der Waals surface area contributed by atoms with Crippen LogP contribution >= 0.6 is 24.0 Å². The lowest BCUT2D eigenvalue weighted by atomic mass is 10.0. The zero-order chi connectivity index (χ0) is 17.4. The van der Waals surface area contributed by atoms with Gasteiger partial charge in [0, 0.05) is 31.9 Å². The molecule has 0 fully saturated rings. The van der Waals surface area contributed by atoms with E-state index in [1.807, 2.05) is 14.0 Å². The second kappa shape index (κ2) is 11.7. The third-order valence-corrected chi connectivity index (χ3v) is 3.99. The van der Waals surface area contributed by atoms with Gasteiger partial charge in [-0.25, -0.2) is 0 Å². The van der Waals surface area contributed by atoms with Crippen LogP contribution in [0.1, 0.15) is 51.9 Å². The molecule has 1 aromatic rings. The SMILES string of the molecule is CN=C(NCC(C)Cn1nc(C)cc1C)NC(C)CCC(C)C.I. The van der Waals surface area contributed by atoms with Gasteiger partial charge in [-0.1, -0.05) is 20.8 Å². The smallest absolute Gasteiger partial charge is 0.191 e. The van der Waals surface area contributed by atoms with Crippen LogP contribution in [0.15, 0.2) is 11.1 Å². The molecule has 2 N–H and O–H groups in total. The quantitative estimate of drug-likeness (QED) is 0.361. The first-order chi connectivity index (χ1) is 10.8. The van der Waals surface area contributed by atoms with Gasteiger partial charge in [-0.05, 0) is 51.5 Å². The van der Waals surface area contributed by atoms with Crippen molar-refractivity contribution in [1.29, 1.82) is 0 Å². The van der Waals surface area contributed by atoms with Crippen LogP contribution in [0.3, 0.4) is 0 Å². The summed E-state index contributed by atoms with van der Waals surface area (Å²) >= 11 is 0. The Bertz CT molecular complexity index is 496. The maximum atomic E-state index is 4.53. The average Bonchev–Trinajstić information content (AvgIpc) is 2.79. The number of hydrogen-bond acceptors (Lipinski definition) is 2. The zero-order valence-corrected chi connectivity index (χ0v) is 18.7. The van der Waals surface area contributed by atoms with Crippen molar-refractivity contribution in [1.82, 2.24) is 20.4 Å². The van der Waals surface area contributed by atoms with Crippen molar-refractivity contribution in [3.05, 3.63) is 17.5 Å². The Labute approximate surface area is 165 Å². The highest BCUT2D eigenvalue weighted by atomic mass is 127. The van der Waals surface area contributed by atoms with Crippen LogP contribution in [0, 0.1) is 25.7 Å². The molecule has 0 aliphatic rings. The molecule has 2 atom stereocenters. The Kier molecular flexibility index (Phi) is 11.3. The summed E-state index contributed by atoms with van der Waals surface area (Å²) in [6.07, 6.45) is 2.40. The average molecular weight is 449 g/mol. The van der Waals surface area contributed by atoms with Gasteiger partial charge in [0.1, 0.15) is 0 Å². The topological polar surface area (TPSA) is 54.2 Å². The highest BCUT2D eigenvalue weighted by Gasteiger charge is 2.10. The molecule has 5 nitrogen and oxygen atoms in total. The third kappa shape index (κ3) is 8.89. The summed E-state index contributed by atoms with van der Waals surface area (Å²) < 4.78 is 2.09. The van der Waals surface area contributed by atoms with E-state index >= 15 is 0 Å². The number of aryl methyl sites for hydroxylation is 2. The number of hydrogen-bond donors (Lipinski definition) is 2. The highest BCUT2D eigenvalue weighted by molar-refractivity contribution is 14.0. The predicted octanol–water partition coefficient (Wildman–Crippen LogP) is 3.74. The summed E-state index contributed by atoms with van der Waals surface area (Å²) in [6.45, 7) is 14.9. The molecule has 0 amide bonds. The van der Waals surface area contributed by atoms with Crippen LogP contribution in [0.25, 0.3) is 0 Å². The van der Waals surface area contributed by atoms with Crippen molar-refractivity contribution in [3.8, 4) is 0 Å². The summed E-state index contributed by atoms with van der Waals surface area (Å²) in [5.41, 5.74) is 2.30. The van der Waals surface area contributed by atoms with Gasteiger partial charge in [-0.15, -0.1) is 24.0 Å². The lowest BCUT2D eigenvalue weighted by Gasteiger charge is -2.20. The van der Waals surface area contributed by atoms with Crippen LogP contribution in [-0.4, -0.2) is 35.4 Å². The van der Waals surface area contributed by atoms with Gasteiger partial charge < -0.3 is 10.6 Å². The Morgan fingerprint density at radius 1 is 1.21 bits per heavy atom. The Morgan fingerprint density at radius 3 is 2.38 bits per heavy atom. The van der Waals surface area contributed by atoms with E-state index in [0.717, 1.165) is 30.7 Å². The largest absolute Gasteiger partial charge is 0.356 e. The van der Waals surface area contributed by atoms with Gasteiger partial charge >= 0.3 is 0 Å². The molecule has 1 heterocycles. The van der Waals surface area contributed by atoms with Crippen LogP contribution in [-0.2, 0) is 6.54 Å². The molecule has 0 bridgehead atoms. The van der Waals surface area contributed by atoms with E-state index in [1.54, 1.807) is 0 Å². The molecule has 2 unspecified atom stereocenters. The van der Waals surface area contributed by atoms with Gasteiger partial charge in [0.05, 0.1) is 5.69 Å². The summed E-state index contributed by atoms with van der Waals surface area (Å²) in [5.74, 6) is 2.12. The first-order valence-electron chi connectivity index (χ1n) is 8.80. The molecular formula is C18H36IN5. The van der Waals surface area contributed by atoms with E-state index in [-0.39, 0.29) is 24.0 Å². The number of aromatic nitrogens is 2. The third-order valence-electron chi connectivity index (χ3n) is 3.99. The van der Waals surface area contributed by atoms with Crippen molar-refractivity contribution in [2.45, 2.75) is 67.0 Å². The summed E-state index contributed by atoms with van der Waals surface area (Å²) in [4.78, 5) is 4.33. The van der Waals surface area contributed by atoms with Crippen LogP contribution in [0.2, 0.25) is 0 Å². The maximum absolute atomic E-state index is 4.53. The molecule has 0 aromatic carbocycles. The summed E-state index contributed by atoms with van der Waals surface area (Å²) in [7, 11) is 1.83. The first-order valence-corrected chi connectivity index (χ1v) is 8.80. The molecule has 0 spiro atoms. The molecule has 140 valence electrons. The first kappa shape index (κ1) is 23.2. The van der Waals surface area contributed by atoms with Gasteiger partial charge in [0.15, 0.2) is 5.96 Å². The van der Waals surface area contributed by atoms with Gasteiger partial charge in [0.2, 0.25) is 0 Å². The molecule has 1 rings (SSSR count). The van der Waals surface area contributed by atoms with E-state index in [4.69, 9.17) is 0 Å². The minimum absolute atomic E-state index is 0. The minimum Gasteiger partial charge on any atom is -0.356 e. The van der Waals surface area contributed by atoms with Gasteiger partial charge in [-0.3, -0.25) is 9.67 Å². The summed E-state index contributed by atoms with van der Waals surface area (Å²) in [6, 6.07) is 2.56. The standard InChI is InChI=1S/C18H35N5.HI/c1-13(2)8-9-15(4)21-18(19-7)20-11-14(3)12-23-17(6)10-16(5)22-23;/h10,13-15H,8-9,11-12H2,1-7H3,(H2,19,20,21);1H. The lowest BCUT2D eigenvalue weighted by Crippen LogP contribution is -2.44. The number of aliphatic imine (C=N–C) groups is 1. The van der Waals surface area contributed by atoms with Gasteiger partial charge in [0.25, 0.3) is 0 Å². The molecule has 0 saturated carbocycles. The molecule has 6 heteroatoms. The minimum atomic E-state index is 0. The molecule has 0 saturated heterocycles. The fraction of sp³-hybridized carbons (Fsp3) is 0.778. The zero-order valence-electron chi connectivity index (χ0n) is 16.4. The van der Waals surface area contributed by atoms with E-state index in [2.05, 4.69) is 66.1 Å². The fourth-order valence-electron chi connectivity index (χ4n) is 2.57. The summed E-state index contributed by atoms with van der Waals surface area (Å²) in [5, 5.41) is 11.4. The molecule has 0 aliphatic heterocycles. The predicted molar refractivity (Wildman–Crippen MR) is 114 cm³/mol. The number of nitrogens with zero attached hydrogens (tertiary/aromatic N) is 3. The lowest BCUT2D eigenvalue weighted by molar-refractivity contribution is 0.433.